The topological polar surface area (TPSA) is 4.93 Å². The van der Waals surface area contributed by atoms with Gasteiger partial charge in [0.2, 0.25) is 0 Å². The summed E-state index contributed by atoms with van der Waals surface area (Å²) in [5.74, 6) is -0.213. The van der Waals surface area contributed by atoms with E-state index < -0.39 is 0 Å². The lowest BCUT2D eigenvalue weighted by molar-refractivity contribution is 0.627. The van der Waals surface area contributed by atoms with Gasteiger partial charge < -0.3 is 4.57 Å². The molecule has 94 valence electrons. The van der Waals surface area contributed by atoms with Gasteiger partial charge in [-0.1, -0.05) is 30.3 Å². The monoisotopic (exact) mass is 251 g/mol. The average molecular weight is 251 g/mol. The van der Waals surface area contributed by atoms with Gasteiger partial charge in [0, 0.05) is 11.4 Å². The Morgan fingerprint density at radius 2 is 1.47 bits per heavy atom. The molecule has 0 N–H and O–H groups in total. The first-order valence-electron chi connectivity index (χ1n) is 6.25. The van der Waals surface area contributed by atoms with Gasteiger partial charge in [0.05, 0.1) is 5.69 Å². The molecule has 0 amide bonds. The summed E-state index contributed by atoms with van der Waals surface area (Å²) in [6.07, 6.45) is 0. The molecule has 0 aliphatic rings. The number of rotatable bonds is 2. The van der Waals surface area contributed by atoms with Gasteiger partial charge in [-0.2, -0.15) is 0 Å². The van der Waals surface area contributed by atoms with Crippen LogP contribution in [0.15, 0.2) is 66.7 Å². The van der Waals surface area contributed by atoms with Crippen LogP contribution in [0.25, 0.3) is 16.9 Å². The second kappa shape index (κ2) is 4.73. The summed E-state index contributed by atoms with van der Waals surface area (Å²) < 4.78 is 15.2. The van der Waals surface area contributed by atoms with Gasteiger partial charge in [-0.25, -0.2) is 4.39 Å². The lowest BCUT2D eigenvalue weighted by Gasteiger charge is -2.12. The molecule has 0 atom stereocenters. The molecule has 0 saturated carbocycles. The summed E-state index contributed by atoms with van der Waals surface area (Å²) in [7, 11) is 0. The van der Waals surface area contributed by atoms with Crippen LogP contribution in [0.1, 0.15) is 5.69 Å². The summed E-state index contributed by atoms with van der Waals surface area (Å²) in [5.41, 5.74) is 4.37. The zero-order valence-electron chi connectivity index (χ0n) is 10.7. The van der Waals surface area contributed by atoms with Crippen molar-refractivity contribution in [1.82, 2.24) is 4.57 Å². The molecule has 0 aliphatic carbocycles. The highest BCUT2D eigenvalue weighted by molar-refractivity contribution is 5.64. The molecule has 0 unspecified atom stereocenters. The Balaban J connectivity index is 2.17. The first-order valence-corrected chi connectivity index (χ1v) is 6.25. The van der Waals surface area contributed by atoms with Crippen LogP contribution in [0.4, 0.5) is 4.39 Å². The molecular formula is C17H14FN. The Morgan fingerprint density at radius 3 is 2.16 bits per heavy atom. The summed E-state index contributed by atoms with van der Waals surface area (Å²) >= 11 is 0. The highest BCUT2D eigenvalue weighted by atomic mass is 19.1. The third-order valence-corrected chi connectivity index (χ3v) is 3.23. The zero-order chi connectivity index (χ0) is 13.2. The van der Waals surface area contributed by atoms with Crippen LogP contribution in [0.2, 0.25) is 0 Å². The van der Waals surface area contributed by atoms with Crippen molar-refractivity contribution >= 4 is 0 Å². The minimum atomic E-state index is -0.213. The number of halogens is 1. The maximum Gasteiger partial charge on any atom is 0.123 e. The molecule has 2 heteroatoms. The maximum absolute atomic E-state index is 13.0. The van der Waals surface area contributed by atoms with Crippen LogP contribution < -0.4 is 0 Å². The third kappa shape index (κ3) is 2.17. The fourth-order valence-corrected chi connectivity index (χ4v) is 2.31. The predicted molar refractivity (Wildman–Crippen MR) is 75.9 cm³/mol. The molecule has 2 aromatic carbocycles. The molecular weight excluding hydrogens is 237 g/mol. The van der Waals surface area contributed by atoms with Crippen molar-refractivity contribution in [2.24, 2.45) is 0 Å². The zero-order valence-corrected chi connectivity index (χ0v) is 10.7. The molecule has 0 spiro atoms. The van der Waals surface area contributed by atoms with Crippen LogP contribution in [-0.4, -0.2) is 4.57 Å². The molecule has 0 fully saturated rings. The largest absolute Gasteiger partial charge is 0.314 e. The number of aromatic nitrogens is 1. The molecule has 1 aromatic heterocycles. The van der Waals surface area contributed by atoms with Gasteiger partial charge in [0.25, 0.3) is 0 Å². The first kappa shape index (κ1) is 11.7. The van der Waals surface area contributed by atoms with E-state index in [1.807, 2.05) is 18.2 Å². The van der Waals surface area contributed by atoms with Crippen LogP contribution in [-0.2, 0) is 0 Å². The predicted octanol–water partition coefficient (Wildman–Crippen LogP) is 4.59. The van der Waals surface area contributed by atoms with E-state index in [0.717, 1.165) is 22.6 Å². The summed E-state index contributed by atoms with van der Waals surface area (Å²) in [6, 6.07) is 20.9. The van der Waals surface area contributed by atoms with Gasteiger partial charge in [0.1, 0.15) is 5.82 Å². The second-order valence-corrected chi connectivity index (χ2v) is 4.54. The number of hydrogen-bond acceptors (Lipinski definition) is 0. The van der Waals surface area contributed by atoms with Crippen molar-refractivity contribution in [3.05, 3.63) is 78.2 Å². The van der Waals surface area contributed by atoms with Crippen molar-refractivity contribution < 1.29 is 4.39 Å². The van der Waals surface area contributed by atoms with E-state index >= 15 is 0 Å². The summed E-state index contributed by atoms with van der Waals surface area (Å²) in [5, 5.41) is 0. The van der Waals surface area contributed by atoms with Crippen molar-refractivity contribution in [3.8, 4) is 16.9 Å². The van der Waals surface area contributed by atoms with Gasteiger partial charge in [-0.3, -0.25) is 0 Å². The lowest BCUT2D eigenvalue weighted by Crippen LogP contribution is -1.98. The van der Waals surface area contributed by atoms with Crippen molar-refractivity contribution in [2.45, 2.75) is 6.92 Å². The van der Waals surface area contributed by atoms with Gasteiger partial charge in [-0.15, -0.1) is 0 Å². The molecule has 3 aromatic rings. The summed E-state index contributed by atoms with van der Waals surface area (Å²) in [4.78, 5) is 0. The Labute approximate surface area is 111 Å². The minimum absolute atomic E-state index is 0.213. The molecule has 1 nitrogen and oxygen atoms in total. The highest BCUT2D eigenvalue weighted by Crippen LogP contribution is 2.26. The van der Waals surface area contributed by atoms with E-state index in [2.05, 4.69) is 35.8 Å². The van der Waals surface area contributed by atoms with Crippen molar-refractivity contribution in [1.29, 1.82) is 0 Å². The standard InChI is InChI=1S/C17H14FN/c1-13-7-12-17(14-5-3-2-4-6-14)19(13)16-10-8-15(18)9-11-16/h2-12H,1H3. The Bertz CT molecular complexity index is 681. The smallest absolute Gasteiger partial charge is 0.123 e. The van der Waals surface area contributed by atoms with Crippen LogP contribution in [0.5, 0.6) is 0 Å². The lowest BCUT2D eigenvalue weighted by atomic mass is 10.1. The average Bonchev–Trinajstić information content (AvgIpc) is 2.83. The third-order valence-electron chi connectivity index (χ3n) is 3.23. The van der Waals surface area contributed by atoms with Gasteiger partial charge in [0.15, 0.2) is 0 Å². The quantitative estimate of drug-likeness (QED) is 0.627. The molecule has 1 heterocycles. The minimum Gasteiger partial charge on any atom is -0.314 e. The number of nitrogens with zero attached hydrogens (tertiary/aromatic N) is 1. The molecule has 0 bridgehead atoms. The number of hydrogen-bond donors (Lipinski definition) is 0. The summed E-state index contributed by atoms with van der Waals surface area (Å²) in [6.45, 7) is 2.05. The van der Waals surface area contributed by atoms with E-state index in [0.29, 0.717) is 0 Å². The molecule has 0 radical (unpaired) electrons. The number of benzene rings is 2. The SMILES string of the molecule is Cc1ccc(-c2ccccc2)n1-c1ccc(F)cc1. The molecule has 0 saturated heterocycles. The van der Waals surface area contributed by atoms with E-state index in [4.69, 9.17) is 0 Å². The fraction of sp³-hybridized carbons (Fsp3) is 0.0588. The Morgan fingerprint density at radius 1 is 0.789 bits per heavy atom. The van der Waals surface area contributed by atoms with E-state index in [-0.39, 0.29) is 5.82 Å². The van der Waals surface area contributed by atoms with Crippen LogP contribution >= 0.6 is 0 Å². The maximum atomic E-state index is 13.0. The Hall–Kier alpha value is -2.35. The van der Waals surface area contributed by atoms with E-state index in [1.54, 1.807) is 12.1 Å². The highest BCUT2D eigenvalue weighted by Gasteiger charge is 2.08. The van der Waals surface area contributed by atoms with Crippen molar-refractivity contribution in [3.63, 3.8) is 0 Å². The molecule has 0 aliphatic heterocycles. The second-order valence-electron chi connectivity index (χ2n) is 4.54. The van der Waals surface area contributed by atoms with Gasteiger partial charge >= 0.3 is 0 Å². The Kier molecular flexibility index (Phi) is 2.92. The van der Waals surface area contributed by atoms with E-state index in [1.165, 1.54) is 12.1 Å². The fourth-order valence-electron chi connectivity index (χ4n) is 2.31. The van der Waals surface area contributed by atoms with Crippen LogP contribution in [0, 0.1) is 12.7 Å². The van der Waals surface area contributed by atoms with E-state index in [9.17, 15) is 4.39 Å². The van der Waals surface area contributed by atoms with Crippen LogP contribution in [0.3, 0.4) is 0 Å². The van der Waals surface area contributed by atoms with Crippen molar-refractivity contribution in [2.75, 3.05) is 0 Å². The van der Waals surface area contributed by atoms with Gasteiger partial charge in [-0.05, 0) is 48.9 Å². The molecule has 3 rings (SSSR count). The first-order chi connectivity index (χ1) is 9.25. The number of aryl methyl sites for hydroxylation is 1. The molecule has 19 heavy (non-hydrogen) atoms. The normalized spacial score (nSPS) is 10.6.